The molecule has 1 rings (SSSR count). The number of nitrogens with one attached hydrogen (secondary N) is 1. The molecular formula is C9H18F2N2O2S. The van der Waals surface area contributed by atoms with Gasteiger partial charge in [-0.15, -0.1) is 0 Å². The van der Waals surface area contributed by atoms with Crippen molar-refractivity contribution in [2.45, 2.75) is 31.6 Å². The zero-order chi connectivity index (χ0) is 12.3. The number of sulfonamides is 1. The molecule has 16 heavy (non-hydrogen) atoms. The average Bonchev–Trinajstić information content (AvgIpc) is 2.27. The molecule has 1 saturated heterocycles. The summed E-state index contributed by atoms with van der Waals surface area (Å²) in [5.74, 6) is -3.21. The predicted octanol–water partition coefficient (Wildman–Crippen LogP) is 0.859. The van der Waals surface area contributed by atoms with Gasteiger partial charge in [-0.25, -0.2) is 8.42 Å². The SMILES string of the molecule is CCC1CN(S(=O)(=O)C(F)F)CCC1NC. The summed E-state index contributed by atoms with van der Waals surface area (Å²) in [5.41, 5.74) is 0. The van der Waals surface area contributed by atoms with E-state index in [4.69, 9.17) is 0 Å². The number of nitrogens with zero attached hydrogens (tertiary/aromatic N) is 1. The highest BCUT2D eigenvalue weighted by molar-refractivity contribution is 7.89. The molecule has 1 fully saturated rings. The number of halogens is 2. The van der Waals surface area contributed by atoms with Crippen molar-refractivity contribution in [3.8, 4) is 0 Å². The van der Waals surface area contributed by atoms with Gasteiger partial charge < -0.3 is 5.32 Å². The van der Waals surface area contributed by atoms with Gasteiger partial charge in [-0.2, -0.15) is 13.1 Å². The van der Waals surface area contributed by atoms with E-state index in [1.165, 1.54) is 0 Å². The largest absolute Gasteiger partial charge is 0.350 e. The Labute approximate surface area is 95.1 Å². The summed E-state index contributed by atoms with van der Waals surface area (Å²) < 4.78 is 48.2. The summed E-state index contributed by atoms with van der Waals surface area (Å²) in [4.78, 5) is 0. The lowest BCUT2D eigenvalue weighted by molar-refractivity contribution is 0.180. The van der Waals surface area contributed by atoms with Gasteiger partial charge in [-0.05, 0) is 19.4 Å². The van der Waals surface area contributed by atoms with Crippen LogP contribution in [0.3, 0.4) is 0 Å². The molecule has 0 aromatic heterocycles. The van der Waals surface area contributed by atoms with Crippen molar-refractivity contribution in [3.05, 3.63) is 0 Å². The fourth-order valence-corrected chi connectivity index (χ4v) is 3.12. The van der Waals surface area contributed by atoms with Crippen LogP contribution in [0.1, 0.15) is 19.8 Å². The third-order valence-electron chi connectivity index (χ3n) is 3.18. The van der Waals surface area contributed by atoms with E-state index in [-0.39, 0.29) is 25.0 Å². The minimum Gasteiger partial charge on any atom is -0.317 e. The van der Waals surface area contributed by atoms with Crippen molar-refractivity contribution in [2.75, 3.05) is 20.1 Å². The Bertz CT molecular complexity index is 321. The van der Waals surface area contributed by atoms with Gasteiger partial charge in [0.1, 0.15) is 0 Å². The maximum absolute atomic E-state index is 12.4. The summed E-state index contributed by atoms with van der Waals surface area (Å²) >= 11 is 0. The van der Waals surface area contributed by atoms with Crippen LogP contribution in [0.25, 0.3) is 0 Å². The second-order valence-corrected chi connectivity index (χ2v) is 5.92. The summed E-state index contributed by atoms with van der Waals surface area (Å²) in [6, 6.07) is 0.217. The zero-order valence-corrected chi connectivity index (χ0v) is 10.3. The van der Waals surface area contributed by atoms with Gasteiger partial charge in [0.15, 0.2) is 0 Å². The lowest BCUT2D eigenvalue weighted by Crippen LogP contribution is -2.51. The van der Waals surface area contributed by atoms with Crippen LogP contribution < -0.4 is 5.32 Å². The van der Waals surface area contributed by atoms with E-state index in [0.29, 0.717) is 6.42 Å². The monoisotopic (exact) mass is 256 g/mol. The number of alkyl halides is 2. The first kappa shape index (κ1) is 13.8. The van der Waals surface area contributed by atoms with Crippen molar-refractivity contribution in [1.82, 2.24) is 9.62 Å². The maximum Gasteiger partial charge on any atom is 0.350 e. The van der Waals surface area contributed by atoms with E-state index in [2.05, 4.69) is 5.32 Å². The molecule has 1 aliphatic rings. The molecule has 0 aromatic carbocycles. The second kappa shape index (κ2) is 5.37. The van der Waals surface area contributed by atoms with E-state index < -0.39 is 15.8 Å². The highest BCUT2D eigenvalue weighted by Gasteiger charge is 2.37. The number of rotatable bonds is 4. The minimum atomic E-state index is -4.40. The molecule has 96 valence electrons. The van der Waals surface area contributed by atoms with Gasteiger partial charge in [0.25, 0.3) is 10.0 Å². The molecule has 1 aliphatic heterocycles. The van der Waals surface area contributed by atoms with E-state index in [9.17, 15) is 17.2 Å². The molecule has 4 nitrogen and oxygen atoms in total. The van der Waals surface area contributed by atoms with Crippen LogP contribution in [-0.2, 0) is 10.0 Å². The van der Waals surface area contributed by atoms with Crippen LogP contribution in [0.4, 0.5) is 8.78 Å². The van der Waals surface area contributed by atoms with Gasteiger partial charge in [-0.1, -0.05) is 13.3 Å². The van der Waals surface area contributed by atoms with Crippen LogP contribution in [0.5, 0.6) is 0 Å². The number of hydrogen-bond donors (Lipinski definition) is 1. The molecule has 2 atom stereocenters. The van der Waals surface area contributed by atoms with Crippen molar-refractivity contribution in [2.24, 2.45) is 5.92 Å². The summed E-state index contributed by atoms with van der Waals surface area (Å²) in [6.45, 7) is 2.30. The summed E-state index contributed by atoms with van der Waals surface area (Å²) in [6.07, 6.45) is 1.36. The van der Waals surface area contributed by atoms with E-state index >= 15 is 0 Å². The average molecular weight is 256 g/mol. The van der Waals surface area contributed by atoms with Crippen LogP contribution >= 0.6 is 0 Å². The predicted molar refractivity (Wildman–Crippen MR) is 57.7 cm³/mol. The van der Waals surface area contributed by atoms with Gasteiger partial charge in [0.05, 0.1) is 0 Å². The highest BCUT2D eigenvalue weighted by Crippen LogP contribution is 2.24. The Balaban J connectivity index is 2.75. The third kappa shape index (κ3) is 2.70. The summed E-state index contributed by atoms with van der Waals surface area (Å²) in [5, 5.41) is 3.10. The maximum atomic E-state index is 12.4. The van der Waals surface area contributed by atoms with Gasteiger partial charge in [-0.3, -0.25) is 0 Å². The number of piperidine rings is 1. The molecule has 0 spiro atoms. The van der Waals surface area contributed by atoms with Gasteiger partial charge in [0.2, 0.25) is 0 Å². The fraction of sp³-hybridized carbons (Fsp3) is 1.00. The lowest BCUT2D eigenvalue weighted by atomic mass is 9.91. The Morgan fingerprint density at radius 2 is 2.12 bits per heavy atom. The normalized spacial score (nSPS) is 28.6. The molecule has 0 radical (unpaired) electrons. The molecule has 2 unspecified atom stereocenters. The van der Waals surface area contributed by atoms with Crippen molar-refractivity contribution in [3.63, 3.8) is 0 Å². The van der Waals surface area contributed by atoms with Crippen LogP contribution in [0, 0.1) is 5.92 Å². The Kier molecular flexibility index (Phi) is 4.63. The second-order valence-electron chi connectivity index (χ2n) is 4.02. The first-order chi connectivity index (χ1) is 7.43. The summed E-state index contributed by atoms with van der Waals surface area (Å²) in [7, 11) is -2.59. The molecule has 0 aliphatic carbocycles. The number of hydrogen-bond acceptors (Lipinski definition) is 3. The Morgan fingerprint density at radius 3 is 2.56 bits per heavy atom. The fourth-order valence-electron chi connectivity index (χ4n) is 2.14. The van der Waals surface area contributed by atoms with Crippen molar-refractivity contribution in [1.29, 1.82) is 0 Å². The lowest BCUT2D eigenvalue weighted by Gasteiger charge is -2.37. The van der Waals surface area contributed by atoms with Gasteiger partial charge >= 0.3 is 5.76 Å². The Morgan fingerprint density at radius 1 is 1.50 bits per heavy atom. The molecule has 7 heteroatoms. The van der Waals surface area contributed by atoms with E-state index in [0.717, 1.165) is 10.7 Å². The quantitative estimate of drug-likeness (QED) is 0.811. The van der Waals surface area contributed by atoms with Crippen molar-refractivity contribution >= 4 is 10.0 Å². The van der Waals surface area contributed by atoms with Crippen LogP contribution in [-0.4, -0.2) is 44.7 Å². The standard InChI is InChI=1S/C9H18F2N2O2S/c1-3-7-6-13(5-4-8(7)12-2)16(14,15)9(10)11/h7-9,12H,3-6H2,1-2H3. The smallest absolute Gasteiger partial charge is 0.317 e. The van der Waals surface area contributed by atoms with Crippen LogP contribution in [0.15, 0.2) is 0 Å². The first-order valence-corrected chi connectivity index (χ1v) is 6.88. The molecular weight excluding hydrogens is 238 g/mol. The molecule has 1 heterocycles. The molecule has 1 N–H and O–H groups in total. The zero-order valence-electron chi connectivity index (χ0n) is 9.49. The topological polar surface area (TPSA) is 49.4 Å². The minimum absolute atomic E-state index is 0.104. The van der Waals surface area contributed by atoms with Gasteiger partial charge in [0, 0.05) is 19.1 Å². The molecule has 0 bridgehead atoms. The molecule has 0 amide bonds. The first-order valence-electron chi connectivity index (χ1n) is 5.37. The third-order valence-corrected chi connectivity index (χ3v) is 4.68. The van der Waals surface area contributed by atoms with Crippen molar-refractivity contribution < 1.29 is 17.2 Å². The highest BCUT2D eigenvalue weighted by atomic mass is 32.2. The van der Waals surface area contributed by atoms with E-state index in [1.807, 2.05) is 14.0 Å². The molecule has 0 saturated carbocycles. The van der Waals surface area contributed by atoms with Crippen LogP contribution in [0.2, 0.25) is 0 Å². The van der Waals surface area contributed by atoms with E-state index in [1.54, 1.807) is 0 Å². The molecule has 0 aromatic rings. The Hall–Kier alpha value is -0.270.